The molecular formula is C21H28F3N5O. The van der Waals surface area contributed by atoms with Crippen LogP contribution in [-0.2, 0) is 0 Å². The van der Waals surface area contributed by atoms with Crippen molar-refractivity contribution < 1.29 is 18.0 Å². The van der Waals surface area contributed by atoms with Crippen LogP contribution < -0.4 is 10.6 Å². The molecule has 0 saturated heterocycles. The van der Waals surface area contributed by atoms with Gasteiger partial charge < -0.3 is 15.5 Å². The molecule has 6 nitrogen and oxygen atoms in total. The van der Waals surface area contributed by atoms with Crippen LogP contribution in [0.2, 0.25) is 0 Å². The number of nitrogens with zero attached hydrogens (tertiary/aromatic N) is 3. The predicted molar refractivity (Wildman–Crippen MR) is 110 cm³/mol. The summed E-state index contributed by atoms with van der Waals surface area (Å²) in [6.07, 6.45) is -2.79. The summed E-state index contributed by atoms with van der Waals surface area (Å²) in [6.45, 7) is 4.14. The van der Waals surface area contributed by atoms with E-state index in [9.17, 15) is 18.0 Å². The Kier molecular flexibility index (Phi) is 6.40. The molecule has 0 saturated carbocycles. The van der Waals surface area contributed by atoms with E-state index in [4.69, 9.17) is 0 Å². The van der Waals surface area contributed by atoms with Crippen LogP contribution in [0.5, 0.6) is 0 Å². The van der Waals surface area contributed by atoms with Crippen molar-refractivity contribution in [2.45, 2.75) is 51.0 Å². The maximum atomic E-state index is 13.5. The van der Waals surface area contributed by atoms with Gasteiger partial charge in [0, 0.05) is 12.6 Å². The van der Waals surface area contributed by atoms with Gasteiger partial charge in [-0.15, -0.1) is 0 Å². The molecule has 0 aliphatic carbocycles. The average Bonchev–Trinajstić information content (AvgIpc) is 3.11. The third-order valence-corrected chi connectivity index (χ3v) is 5.60. The molecule has 9 heteroatoms. The summed E-state index contributed by atoms with van der Waals surface area (Å²) in [4.78, 5) is 14.8. The Hall–Kier alpha value is -2.55. The molecule has 1 aromatic heterocycles. The molecule has 164 valence electrons. The molecule has 2 heterocycles. The van der Waals surface area contributed by atoms with Crippen LogP contribution in [0.1, 0.15) is 53.3 Å². The number of hydrogen-bond donors (Lipinski definition) is 2. The smallest absolute Gasteiger partial charge is 0.367 e. The molecule has 0 spiro atoms. The van der Waals surface area contributed by atoms with Gasteiger partial charge in [-0.25, -0.2) is 4.68 Å². The Balaban J connectivity index is 1.79. The Bertz CT molecular complexity index is 876. The molecular weight excluding hydrogens is 395 g/mol. The largest absolute Gasteiger partial charge is 0.410 e. The zero-order valence-electron chi connectivity index (χ0n) is 17.6. The van der Waals surface area contributed by atoms with Gasteiger partial charge in [-0.2, -0.15) is 18.3 Å². The second-order valence-corrected chi connectivity index (χ2v) is 7.99. The number of anilines is 1. The molecule has 3 rings (SSSR count). The monoisotopic (exact) mass is 423 g/mol. The summed E-state index contributed by atoms with van der Waals surface area (Å²) in [5.41, 5.74) is 2.32. The number of benzene rings is 1. The fraction of sp³-hybridized carbons (Fsp3) is 0.524. The lowest BCUT2D eigenvalue weighted by atomic mass is 10.0. The molecule has 2 N–H and O–H groups in total. The first kappa shape index (κ1) is 22.1. The molecule has 0 radical (unpaired) electrons. The number of fused-ring (bicyclic) bond motifs is 1. The molecule has 2 aromatic rings. The Morgan fingerprint density at radius 2 is 2.00 bits per heavy atom. The number of hydrogen-bond acceptors (Lipinski definition) is 4. The van der Waals surface area contributed by atoms with Crippen molar-refractivity contribution in [1.82, 2.24) is 20.0 Å². The number of carbonyl (C=O) groups is 1. The van der Waals surface area contributed by atoms with Gasteiger partial charge in [-0.3, -0.25) is 4.79 Å². The Morgan fingerprint density at radius 1 is 1.33 bits per heavy atom. The van der Waals surface area contributed by atoms with Crippen molar-refractivity contribution in [1.29, 1.82) is 0 Å². The Morgan fingerprint density at radius 3 is 2.57 bits per heavy atom. The highest BCUT2D eigenvalue weighted by Crippen LogP contribution is 2.40. The summed E-state index contributed by atoms with van der Waals surface area (Å²) in [5.74, 6) is -0.315. The van der Waals surface area contributed by atoms with E-state index in [-0.39, 0.29) is 29.9 Å². The molecule has 0 fully saturated rings. The van der Waals surface area contributed by atoms with Crippen LogP contribution in [0.3, 0.4) is 0 Å². The highest BCUT2D eigenvalue weighted by Gasteiger charge is 2.46. The molecule has 0 unspecified atom stereocenters. The topological polar surface area (TPSA) is 62.2 Å². The number of aryl methyl sites for hydroxylation is 1. The van der Waals surface area contributed by atoms with Gasteiger partial charge in [-0.1, -0.05) is 36.8 Å². The SMILES string of the molecule is CC[C@H]1C[C@@H](C(F)(F)F)n2ncc(C(=O)NC[C@@H](c3ccc(C)cc3)N(C)C)c2N1. The van der Waals surface area contributed by atoms with Crippen LogP contribution in [0.25, 0.3) is 0 Å². The van der Waals surface area contributed by atoms with Gasteiger partial charge in [0.25, 0.3) is 5.91 Å². The van der Waals surface area contributed by atoms with Gasteiger partial charge in [0.1, 0.15) is 11.4 Å². The van der Waals surface area contributed by atoms with Gasteiger partial charge in [0.05, 0.1) is 12.2 Å². The number of nitrogens with one attached hydrogen (secondary N) is 2. The predicted octanol–water partition coefficient (Wildman–Crippen LogP) is 3.92. The molecule has 1 aliphatic heterocycles. The fourth-order valence-corrected chi connectivity index (χ4v) is 3.74. The minimum atomic E-state index is -4.43. The number of rotatable bonds is 6. The van der Waals surface area contributed by atoms with Crippen molar-refractivity contribution in [2.24, 2.45) is 0 Å². The lowest BCUT2D eigenvalue weighted by molar-refractivity contribution is -0.173. The first-order chi connectivity index (χ1) is 14.1. The molecule has 1 aliphatic rings. The number of halogens is 3. The zero-order valence-corrected chi connectivity index (χ0v) is 17.6. The zero-order chi connectivity index (χ0) is 22.1. The van der Waals surface area contributed by atoms with E-state index in [1.807, 2.05) is 57.1 Å². The third-order valence-electron chi connectivity index (χ3n) is 5.60. The molecule has 1 aromatic carbocycles. The summed E-state index contributed by atoms with van der Waals surface area (Å²) >= 11 is 0. The summed E-state index contributed by atoms with van der Waals surface area (Å²) in [7, 11) is 3.83. The van der Waals surface area contributed by atoms with Crippen molar-refractivity contribution in [2.75, 3.05) is 26.0 Å². The minimum absolute atomic E-state index is 0.0692. The maximum absolute atomic E-state index is 13.5. The highest BCUT2D eigenvalue weighted by atomic mass is 19.4. The lowest BCUT2D eigenvalue weighted by Gasteiger charge is -2.33. The minimum Gasteiger partial charge on any atom is -0.367 e. The molecule has 30 heavy (non-hydrogen) atoms. The quantitative estimate of drug-likeness (QED) is 0.739. The van der Waals surface area contributed by atoms with E-state index < -0.39 is 18.1 Å². The first-order valence-corrected chi connectivity index (χ1v) is 10.0. The second kappa shape index (κ2) is 8.67. The fourth-order valence-electron chi connectivity index (χ4n) is 3.74. The van der Waals surface area contributed by atoms with E-state index in [1.165, 1.54) is 6.20 Å². The van der Waals surface area contributed by atoms with Crippen molar-refractivity contribution in [3.05, 3.63) is 47.2 Å². The van der Waals surface area contributed by atoms with E-state index in [0.717, 1.165) is 15.8 Å². The van der Waals surface area contributed by atoms with E-state index in [2.05, 4.69) is 15.7 Å². The van der Waals surface area contributed by atoms with E-state index in [0.29, 0.717) is 13.0 Å². The molecule has 3 atom stereocenters. The van der Waals surface area contributed by atoms with Crippen LogP contribution in [0.15, 0.2) is 30.5 Å². The first-order valence-electron chi connectivity index (χ1n) is 10.0. The maximum Gasteiger partial charge on any atom is 0.410 e. The summed E-state index contributed by atoms with van der Waals surface area (Å²) < 4.78 is 41.4. The van der Waals surface area contributed by atoms with Crippen molar-refractivity contribution >= 4 is 11.7 Å². The van der Waals surface area contributed by atoms with Gasteiger partial charge in [-0.05, 0) is 39.4 Å². The summed E-state index contributed by atoms with van der Waals surface area (Å²) in [5, 5.41) is 9.80. The molecule has 1 amide bonds. The van der Waals surface area contributed by atoms with Crippen LogP contribution in [0.4, 0.5) is 19.0 Å². The van der Waals surface area contributed by atoms with Crippen molar-refractivity contribution in [3.63, 3.8) is 0 Å². The average molecular weight is 423 g/mol. The molecule has 0 bridgehead atoms. The number of likely N-dealkylation sites (N-methyl/N-ethyl adjacent to an activating group) is 1. The number of alkyl halides is 3. The van der Waals surface area contributed by atoms with E-state index in [1.54, 1.807) is 0 Å². The standard InChI is InChI=1S/C21H28F3N5O/c1-5-15-10-18(21(22,23)24)29-19(27-15)16(11-26-29)20(30)25-12-17(28(3)4)14-8-6-13(2)7-9-14/h6-9,11,15,17-18,27H,5,10,12H2,1-4H3,(H,25,30)/t15-,17-,18-/m0/s1. The number of amides is 1. The number of carbonyl (C=O) groups excluding carboxylic acids is 1. The van der Waals surface area contributed by atoms with Crippen LogP contribution in [-0.4, -0.2) is 53.4 Å². The van der Waals surface area contributed by atoms with Crippen LogP contribution >= 0.6 is 0 Å². The normalized spacial score (nSPS) is 19.9. The van der Waals surface area contributed by atoms with Gasteiger partial charge >= 0.3 is 6.18 Å². The number of aromatic nitrogens is 2. The highest BCUT2D eigenvalue weighted by molar-refractivity contribution is 5.98. The Labute approximate surface area is 174 Å². The second-order valence-electron chi connectivity index (χ2n) is 7.99. The van der Waals surface area contributed by atoms with Gasteiger partial charge in [0.15, 0.2) is 6.04 Å². The lowest BCUT2D eigenvalue weighted by Crippen LogP contribution is -2.40. The van der Waals surface area contributed by atoms with Gasteiger partial charge in [0.2, 0.25) is 0 Å². The van der Waals surface area contributed by atoms with E-state index >= 15 is 0 Å². The third kappa shape index (κ3) is 4.61. The van der Waals surface area contributed by atoms with Crippen LogP contribution in [0, 0.1) is 6.92 Å². The summed E-state index contributed by atoms with van der Waals surface area (Å²) in [6, 6.07) is 5.86. The van der Waals surface area contributed by atoms with Crippen molar-refractivity contribution in [3.8, 4) is 0 Å².